The summed E-state index contributed by atoms with van der Waals surface area (Å²) in [6.07, 6.45) is -1.89. The molecule has 6 atom stereocenters. The van der Waals surface area contributed by atoms with Crippen LogP contribution in [-0.4, -0.2) is 69.9 Å². The lowest BCUT2D eigenvalue weighted by molar-refractivity contribution is -0.105. The number of aliphatic hydroxyl groups is 3. The van der Waals surface area contributed by atoms with Gasteiger partial charge in [-0.25, -0.2) is 15.2 Å². The van der Waals surface area contributed by atoms with Gasteiger partial charge in [-0.3, -0.25) is 4.57 Å². The Labute approximate surface area is 138 Å². The summed E-state index contributed by atoms with van der Waals surface area (Å²) in [5.74, 6) is -0.706. The molecule has 0 spiro atoms. The number of nitrogens with zero attached hydrogens (tertiary/aromatic N) is 1. The highest BCUT2D eigenvalue weighted by Crippen LogP contribution is 2.50. The van der Waals surface area contributed by atoms with Crippen molar-refractivity contribution in [2.75, 3.05) is 13.3 Å². The monoisotopic (exact) mass is 366 g/mol. The predicted octanol–water partition coefficient (Wildman–Crippen LogP) is -1.98. The smallest absolute Gasteiger partial charge is 0.259 e. The average Bonchev–Trinajstić information content (AvgIpc) is 2.47. The van der Waals surface area contributed by atoms with Crippen LogP contribution in [0.25, 0.3) is 0 Å². The molecule has 0 aromatic carbocycles. The van der Waals surface area contributed by atoms with Gasteiger partial charge in [-0.2, -0.15) is 0 Å². The second kappa shape index (κ2) is 9.53. The summed E-state index contributed by atoms with van der Waals surface area (Å²) in [5.41, 5.74) is 10.4. The van der Waals surface area contributed by atoms with Crippen LogP contribution >= 0.6 is 7.37 Å². The molecule has 0 saturated heterocycles. The molecule has 1 aliphatic heterocycles. The van der Waals surface area contributed by atoms with Crippen LogP contribution in [0.1, 0.15) is 6.92 Å². The van der Waals surface area contributed by atoms with Gasteiger partial charge in [0.1, 0.15) is 18.3 Å². The van der Waals surface area contributed by atoms with Crippen molar-refractivity contribution in [1.82, 2.24) is 0 Å². The summed E-state index contributed by atoms with van der Waals surface area (Å²) in [5, 5.41) is 33.9. The largest absolute Gasteiger partial charge is 0.481 e. The number of ether oxygens (including phenoxy) is 1. The van der Waals surface area contributed by atoms with E-state index in [0.29, 0.717) is 0 Å². The maximum atomic E-state index is 11.8. The van der Waals surface area contributed by atoms with Gasteiger partial charge in [0, 0.05) is 12.6 Å². The van der Waals surface area contributed by atoms with Gasteiger partial charge in [0.2, 0.25) is 6.08 Å². The molecule has 138 valence electrons. The van der Waals surface area contributed by atoms with Crippen LogP contribution in [0.2, 0.25) is 0 Å². The number of rotatable bonds is 5. The molecular formula is C12H23N4O7P. The zero-order valence-electron chi connectivity index (χ0n) is 13.2. The van der Waals surface area contributed by atoms with Gasteiger partial charge in [-0.05, 0) is 6.08 Å². The minimum Gasteiger partial charge on any atom is -0.481 e. The summed E-state index contributed by atoms with van der Waals surface area (Å²) in [7, 11) is -3.73. The lowest BCUT2D eigenvalue weighted by Gasteiger charge is -2.37. The molecule has 0 radical (unpaired) electrons. The number of guanidine groups is 1. The average molecular weight is 366 g/mol. The maximum absolute atomic E-state index is 11.8. The highest BCUT2D eigenvalue weighted by molar-refractivity contribution is 7.61. The molecule has 0 bridgehead atoms. The third kappa shape index (κ3) is 6.40. The highest BCUT2D eigenvalue weighted by Gasteiger charge is 2.42. The minimum absolute atomic E-state index is 0.218. The van der Waals surface area contributed by atoms with Crippen molar-refractivity contribution in [2.24, 2.45) is 22.4 Å². The number of nitrogens with one attached hydrogen (secondary N) is 1. The fraction of sp³-hybridized carbons (Fsp3) is 0.667. The van der Waals surface area contributed by atoms with E-state index in [4.69, 9.17) is 31.5 Å². The van der Waals surface area contributed by atoms with Gasteiger partial charge in [0.25, 0.3) is 7.37 Å². The molecule has 0 aromatic heterocycles. The zero-order chi connectivity index (χ0) is 19.1. The van der Waals surface area contributed by atoms with Crippen molar-refractivity contribution in [3.8, 4) is 0 Å². The van der Waals surface area contributed by atoms with E-state index in [-0.39, 0.29) is 11.5 Å². The van der Waals surface area contributed by atoms with Gasteiger partial charge in [-0.15, -0.1) is 0 Å². The first-order valence-corrected chi connectivity index (χ1v) is 8.89. The van der Waals surface area contributed by atoms with Crippen LogP contribution in [-0.2, 0) is 14.1 Å². The lowest BCUT2D eigenvalue weighted by Crippen LogP contribution is -2.49. The molecule has 0 fully saturated rings. The number of carbonyl (C=O) groups excluding carboxylic acids is 1. The first-order valence-electron chi connectivity index (χ1n) is 6.78. The first-order chi connectivity index (χ1) is 11.0. The van der Waals surface area contributed by atoms with E-state index < -0.39 is 44.2 Å². The van der Waals surface area contributed by atoms with E-state index in [1.807, 2.05) is 0 Å². The van der Waals surface area contributed by atoms with E-state index in [9.17, 15) is 19.7 Å². The Bertz CT molecular complexity index is 552. The molecule has 1 unspecified atom stereocenters. The third-order valence-corrected chi connectivity index (χ3v) is 4.32. The van der Waals surface area contributed by atoms with Crippen LogP contribution in [0, 0.1) is 11.3 Å². The van der Waals surface area contributed by atoms with E-state index in [2.05, 4.69) is 4.99 Å². The Hall–Kier alpha value is -1.74. The van der Waals surface area contributed by atoms with E-state index in [1.165, 1.54) is 6.08 Å². The summed E-state index contributed by atoms with van der Waals surface area (Å²) < 4.78 is 17.1. The SMILES string of the molecule is C[C@H]1[C@H]([C@H](O)[C@H](O)CO)OC(P(C)(=O)O)=C[C@@H]1N=C(N)N.N=C=O. The first kappa shape index (κ1) is 22.3. The van der Waals surface area contributed by atoms with Crippen LogP contribution in [0.15, 0.2) is 16.6 Å². The van der Waals surface area contributed by atoms with Gasteiger partial charge >= 0.3 is 0 Å². The number of nitrogens with two attached hydrogens (primary N) is 2. The quantitative estimate of drug-likeness (QED) is 0.124. The standard InChI is InChI=1S/C11H22N3O6P.CHNO/c1-5-6(14-11(12)13)3-8(21(2,18)19)20-10(5)9(17)7(16)4-15;2-1-3/h3,5-7,9-10,15-17H,4H2,1-2H3,(H,18,19)(H4,12,13,14);2H/t5-,6+,7-,9-,10-;/m1./s1. The second-order valence-electron chi connectivity index (χ2n) is 5.21. The molecule has 0 aliphatic carbocycles. The Morgan fingerprint density at radius 2 is 2.04 bits per heavy atom. The van der Waals surface area contributed by atoms with Crippen molar-refractivity contribution in [3.63, 3.8) is 0 Å². The fourth-order valence-electron chi connectivity index (χ4n) is 2.05. The minimum atomic E-state index is -3.73. The molecule has 12 heteroatoms. The number of hydrogen-bond donors (Lipinski definition) is 7. The maximum Gasteiger partial charge on any atom is 0.259 e. The second-order valence-corrected chi connectivity index (χ2v) is 7.41. The van der Waals surface area contributed by atoms with Gasteiger partial charge in [0.15, 0.2) is 11.5 Å². The van der Waals surface area contributed by atoms with Crippen molar-refractivity contribution >= 4 is 19.4 Å². The Kier molecular flexibility index (Phi) is 8.84. The number of aliphatic imine (C=N–C) groups is 1. The van der Waals surface area contributed by atoms with Gasteiger partial charge in [0.05, 0.1) is 12.6 Å². The van der Waals surface area contributed by atoms with Crippen LogP contribution in [0.4, 0.5) is 0 Å². The molecule has 0 saturated carbocycles. The summed E-state index contributed by atoms with van der Waals surface area (Å²) in [6, 6.07) is -0.690. The Morgan fingerprint density at radius 1 is 1.54 bits per heavy atom. The van der Waals surface area contributed by atoms with E-state index in [0.717, 1.165) is 12.7 Å². The Balaban J connectivity index is 0.00000163. The number of hydrogen-bond acceptors (Lipinski definition) is 8. The van der Waals surface area contributed by atoms with Crippen molar-refractivity contribution in [1.29, 1.82) is 5.41 Å². The van der Waals surface area contributed by atoms with E-state index >= 15 is 0 Å². The molecule has 1 rings (SSSR count). The third-order valence-electron chi connectivity index (χ3n) is 3.25. The number of isocyanates is 1. The van der Waals surface area contributed by atoms with Crippen molar-refractivity contribution < 1.29 is 34.3 Å². The number of aliphatic hydroxyl groups excluding tert-OH is 3. The summed E-state index contributed by atoms with van der Waals surface area (Å²) in [4.78, 5) is 21.9. The molecule has 11 nitrogen and oxygen atoms in total. The van der Waals surface area contributed by atoms with Crippen molar-refractivity contribution in [3.05, 3.63) is 11.6 Å². The van der Waals surface area contributed by atoms with Gasteiger partial charge < -0.3 is 36.4 Å². The molecule has 1 aliphatic rings. The highest BCUT2D eigenvalue weighted by atomic mass is 31.2. The zero-order valence-corrected chi connectivity index (χ0v) is 14.1. The fourth-order valence-corrected chi connectivity index (χ4v) is 2.80. The molecule has 0 aromatic rings. The summed E-state index contributed by atoms with van der Waals surface area (Å²) in [6.45, 7) is 2.05. The molecule has 0 amide bonds. The van der Waals surface area contributed by atoms with E-state index in [1.54, 1.807) is 6.92 Å². The summed E-state index contributed by atoms with van der Waals surface area (Å²) >= 11 is 0. The van der Waals surface area contributed by atoms with Crippen LogP contribution in [0.3, 0.4) is 0 Å². The normalized spacial score (nSPS) is 27.8. The van der Waals surface area contributed by atoms with Crippen LogP contribution in [0.5, 0.6) is 0 Å². The topological polar surface area (TPSA) is 213 Å². The lowest BCUT2D eigenvalue weighted by atomic mass is 9.89. The van der Waals surface area contributed by atoms with Crippen molar-refractivity contribution in [2.45, 2.75) is 31.3 Å². The predicted molar refractivity (Wildman–Crippen MR) is 85.0 cm³/mol. The molecule has 9 N–H and O–H groups in total. The molecule has 24 heavy (non-hydrogen) atoms. The van der Waals surface area contributed by atoms with Gasteiger partial charge in [-0.1, -0.05) is 6.92 Å². The van der Waals surface area contributed by atoms with Crippen LogP contribution < -0.4 is 11.5 Å². The Morgan fingerprint density at radius 3 is 2.42 bits per heavy atom. The molecular weight excluding hydrogens is 343 g/mol. The molecule has 1 heterocycles.